The number of esters is 1. The molecule has 1 amide bonds. The normalized spacial score (nSPS) is 15.5. The van der Waals surface area contributed by atoms with E-state index in [1.807, 2.05) is 30.3 Å². The van der Waals surface area contributed by atoms with E-state index in [0.29, 0.717) is 5.69 Å². The van der Waals surface area contributed by atoms with Crippen molar-refractivity contribution in [3.63, 3.8) is 0 Å². The molecule has 0 aliphatic heterocycles. The first-order valence-electron chi connectivity index (χ1n) is 11.0. The second-order valence-electron chi connectivity index (χ2n) is 8.18. The van der Waals surface area contributed by atoms with Crippen molar-refractivity contribution >= 4 is 39.1 Å². The molecule has 31 heavy (non-hydrogen) atoms. The molecule has 0 spiro atoms. The van der Waals surface area contributed by atoms with Gasteiger partial charge in [-0.15, -0.1) is 11.3 Å². The summed E-state index contributed by atoms with van der Waals surface area (Å²) >= 11 is 1.66. The third-order valence-corrected chi connectivity index (χ3v) is 6.95. The van der Waals surface area contributed by atoms with Crippen molar-refractivity contribution in [2.24, 2.45) is 11.8 Å². The van der Waals surface area contributed by atoms with Crippen molar-refractivity contribution in [3.05, 3.63) is 48.0 Å². The molecule has 1 aliphatic rings. The molecule has 1 N–H and O–H groups in total. The van der Waals surface area contributed by atoms with Gasteiger partial charge in [-0.1, -0.05) is 25.3 Å². The molecule has 1 atom stereocenters. The average molecular weight is 437 g/mol. The van der Waals surface area contributed by atoms with E-state index in [9.17, 15) is 9.59 Å². The van der Waals surface area contributed by atoms with Crippen LogP contribution in [0.15, 0.2) is 42.5 Å². The SMILES string of the molecule is CCOC(=O)[C@H](C(=O)Nc1ccc(-c2nc3ccc(C)cc3s2)cc1)C1CCCCC1. The molecular formula is C25H28N2O3S. The number of aryl methyl sites for hydroxylation is 1. The Labute approximate surface area is 186 Å². The number of hydrogen-bond acceptors (Lipinski definition) is 5. The number of carbonyl (C=O) groups is 2. The van der Waals surface area contributed by atoms with Gasteiger partial charge in [-0.3, -0.25) is 9.59 Å². The second-order valence-corrected chi connectivity index (χ2v) is 9.22. The Balaban J connectivity index is 1.49. The standard InChI is InChI=1S/C25H28N2O3S/c1-3-30-25(29)22(17-7-5-4-6-8-17)23(28)26-19-12-10-18(11-13-19)24-27-20-14-9-16(2)15-21(20)31-24/h9-15,17,22H,3-8H2,1-2H3,(H,26,28)/t22-/m0/s1. The van der Waals surface area contributed by atoms with Crippen LogP contribution in [0.4, 0.5) is 5.69 Å². The summed E-state index contributed by atoms with van der Waals surface area (Å²) in [5.74, 6) is -1.37. The molecule has 2 aromatic carbocycles. The van der Waals surface area contributed by atoms with Gasteiger partial charge in [0.25, 0.3) is 0 Å². The summed E-state index contributed by atoms with van der Waals surface area (Å²) in [5, 5.41) is 3.88. The zero-order chi connectivity index (χ0) is 21.8. The molecule has 4 rings (SSSR count). The van der Waals surface area contributed by atoms with Crippen LogP contribution in [0.5, 0.6) is 0 Å². The van der Waals surface area contributed by atoms with Gasteiger partial charge in [0.15, 0.2) is 0 Å². The van der Waals surface area contributed by atoms with Crippen LogP contribution >= 0.6 is 11.3 Å². The van der Waals surface area contributed by atoms with Crippen LogP contribution in [0.2, 0.25) is 0 Å². The lowest BCUT2D eigenvalue weighted by Gasteiger charge is -2.27. The van der Waals surface area contributed by atoms with Crippen molar-refractivity contribution in [1.29, 1.82) is 0 Å². The van der Waals surface area contributed by atoms with Gasteiger partial charge in [0.2, 0.25) is 5.91 Å². The van der Waals surface area contributed by atoms with Crippen molar-refractivity contribution in [3.8, 4) is 10.6 Å². The Morgan fingerprint density at radius 1 is 1.13 bits per heavy atom. The van der Waals surface area contributed by atoms with Gasteiger partial charge in [-0.2, -0.15) is 0 Å². The molecule has 0 radical (unpaired) electrons. The number of fused-ring (bicyclic) bond motifs is 1. The fourth-order valence-corrected chi connectivity index (χ4v) is 5.35. The summed E-state index contributed by atoms with van der Waals surface area (Å²) in [6.45, 7) is 4.13. The number of rotatable bonds is 6. The van der Waals surface area contributed by atoms with Crippen molar-refractivity contribution in [2.75, 3.05) is 11.9 Å². The topological polar surface area (TPSA) is 68.3 Å². The smallest absolute Gasteiger partial charge is 0.318 e. The maximum Gasteiger partial charge on any atom is 0.318 e. The number of benzene rings is 2. The summed E-state index contributed by atoms with van der Waals surface area (Å²) in [5.41, 5.74) is 3.89. The van der Waals surface area contributed by atoms with Gasteiger partial charge in [-0.05, 0) is 74.6 Å². The number of anilines is 1. The summed E-state index contributed by atoms with van der Waals surface area (Å²) < 4.78 is 6.39. The Morgan fingerprint density at radius 3 is 2.58 bits per heavy atom. The van der Waals surface area contributed by atoms with Crippen LogP contribution in [0.1, 0.15) is 44.6 Å². The molecule has 1 fully saturated rings. The van der Waals surface area contributed by atoms with E-state index in [4.69, 9.17) is 9.72 Å². The molecule has 1 aromatic heterocycles. The molecule has 1 aliphatic carbocycles. The number of carbonyl (C=O) groups excluding carboxylic acids is 2. The Bertz CT molecular complexity index is 1070. The quantitative estimate of drug-likeness (QED) is 0.382. The maximum absolute atomic E-state index is 13.0. The zero-order valence-corrected chi connectivity index (χ0v) is 18.8. The summed E-state index contributed by atoms with van der Waals surface area (Å²) in [7, 11) is 0. The van der Waals surface area contributed by atoms with Gasteiger partial charge < -0.3 is 10.1 Å². The van der Waals surface area contributed by atoms with E-state index in [1.165, 1.54) is 12.0 Å². The lowest BCUT2D eigenvalue weighted by Crippen LogP contribution is -2.37. The van der Waals surface area contributed by atoms with Gasteiger partial charge in [0.05, 0.1) is 16.8 Å². The Hall–Kier alpha value is -2.73. The Morgan fingerprint density at radius 2 is 1.87 bits per heavy atom. The number of thiazole rings is 1. The fourth-order valence-electron chi connectivity index (χ4n) is 4.28. The van der Waals surface area contributed by atoms with E-state index < -0.39 is 11.9 Å². The van der Waals surface area contributed by atoms with Crippen LogP contribution in [-0.2, 0) is 14.3 Å². The summed E-state index contributed by atoms with van der Waals surface area (Å²) in [6.07, 6.45) is 5.08. The molecule has 0 saturated heterocycles. The molecular weight excluding hydrogens is 408 g/mol. The van der Waals surface area contributed by atoms with Crippen LogP contribution in [0.3, 0.4) is 0 Å². The molecule has 0 bridgehead atoms. The molecule has 1 saturated carbocycles. The highest BCUT2D eigenvalue weighted by Gasteiger charge is 2.36. The molecule has 3 aromatic rings. The van der Waals surface area contributed by atoms with Gasteiger partial charge >= 0.3 is 5.97 Å². The fraction of sp³-hybridized carbons (Fsp3) is 0.400. The predicted octanol–water partition coefficient (Wildman–Crippen LogP) is 5.97. The van der Waals surface area contributed by atoms with E-state index in [1.54, 1.807) is 18.3 Å². The van der Waals surface area contributed by atoms with Gasteiger partial charge in [-0.25, -0.2) is 4.98 Å². The molecule has 162 valence electrons. The number of nitrogens with one attached hydrogen (secondary N) is 1. The number of amides is 1. The highest BCUT2D eigenvalue weighted by Crippen LogP contribution is 2.33. The second kappa shape index (κ2) is 9.60. The van der Waals surface area contributed by atoms with Crippen LogP contribution in [-0.4, -0.2) is 23.5 Å². The highest BCUT2D eigenvalue weighted by molar-refractivity contribution is 7.21. The third-order valence-electron chi connectivity index (χ3n) is 5.89. The van der Waals surface area contributed by atoms with Crippen molar-refractivity contribution in [1.82, 2.24) is 4.98 Å². The van der Waals surface area contributed by atoms with Crippen LogP contribution in [0.25, 0.3) is 20.8 Å². The van der Waals surface area contributed by atoms with E-state index in [-0.39, 0.29) is 18.4 Å². The molecule has 1 heterocycles. The van der Waals surface area contributed by atoms with E-state index in [2.05, 4.69) is 24.4 Å². The number of nitrogens with zero attached hydrogens (tertiary/aromatic N) is 1. The largest absolute Gasteiger partial charge is 0.465 e. The van der Waals surface area contributed by atoms with E-state index >= 15 is 0 Å². The number of aromatic nitrogens is 1. The predicted molar refractivity (Wildman–Crippen MR) is 125 cm³/mol. The third kappa shape index (κ3) is 4.96. The van der Waals surface area contributed by atoms with Crippen molar-refractivity contribution < 1.29 is 14.3 Å². The van der Waals surface area contributed by atoms with Gasteiger partial charge in [0.1, 0.15) is 10.9 Å². The van der Waals surface area contributed by atoms with Crippen molar-refractivity contribution in [2.45, 2.75) is 46.0 Å². The van der Waals surface area contributed by atoms with Gasteiger partial charge in [0, 0.05) is 11.3 Å². The first-order valence-corrected chi connectivity index (χ1v) is 11.8. The molecule has 5 nitrogen and oxygen atoms in total. The minimum atomic E-state index is -0.743. The lowest BCUT2D eigenvalue weighted by molar-refractivity contribution is -0.153. The summed E-state index contributed by atoms with van der Waals surface area (Å²) in [6, 6.07) is 13.9. The first kappa shape index (κ1) is 21.5. The van der Waals surface area contributed by atoms with Crippen LogP contribution in [0, 0.1) is 18.8 Å². The summed E-state index contributed by atoms with van der Waals surface area (Å²) in [4.78, 5) is 30.3. The molecule has 6 heteroatoms. The minimum Gasteiger partial charge on any atom is -0.465 e. The zero-order valence-electron chi connectivity index (χ0n) is 18.0. The Kier molecular flexibility index (Phi) is 6.66. The monoisotopic (exact) mass is 436 g/mol. The lowest BCUT2D eigenvalue weighted by atomic mass is 9.79. The average Bonchev–Trinajstić information content (AvgIpc) is 3.18. The maximum atomic E-state index is 13.0. The highest BCUT2D eigenvalue weighted by atomic mass is 32.1. The van der Waals surface area contributed by atoms with E-state index in [0.717, 1.165) is 46.5 Å². The first-order chi connectivity index (χ1) is 15.0. The minimum absolute atomic E-state index is 0.0540. The number of hydrogen-bond donors (Lipinski definition) is 1. The van der Waals surface area contributed by atoms with Crippen LogP contribution < -0.4 is 5.32 Å². The number of ether oxygens (including phenoxy) is 1. The molecule has 0 unspecified atom stereocenters.